The van der Waals surface area contributed by atoms with Gasteiger partial charge in [0.1, 0.15) is 0 Å². The first-order valence-corrected chi connectivity index (χ1v) is 6.73. The maximum absolute atomic E-state index is 11.4. The van der Waals surface area contributed by atoms with Gasteiger partial charge in [-0.1, -0.05) is 19.8 Å². The fourth-order valence-corrected chi connectivity index (χ4v) is 1.61. The molecule has 0 atom stereocenters. The summed E-state index contributed by atoms with van der Waals surface area (Å²) in [6.07, 6.45) is 4.34. The van der Waals surface area contributed by atoms with Crippen LogP contribution in [0.25, 0.3) is 0 Å². The van der Waals surface area contributed by atoms with Crippen LogP contribution in [0.5, 0.6) is 0 Å². The van der Waals surface area contributed by atoms with Crippen molar-refractivity contribution in [1.82, 2.24) is 15.3 Å². The van der Waals surface area contributed by atoms with E-state index in [-0.39, 0.29) is 10.6 Å². The molecule has 1 rings (SSSR count). The molecule has 0 radical (unpaired) electrons. The van der Waals surface area contributed by atoms with Crippen LogP contribution in [0, 0.1) is 4.64 Å². The number of carbonyl (C=O) groups is 1. The Hall–Kier alpha value is -1.83. The number of hydrogen-bond donors (Lipinski definition) is 3. The molecule has 100 valence electrons. The number of nitrogens with zero attached hydrogens (tertiary/aromatic N) is 1. The van der Waals surface area contributed by atoms with Crippen molar-refractivity contribution in [2.45, 2.75) is 26.2 Å². The first-order chi connectivity index (χ1) is 8.63. The lowest BCUT2D eigenvalue weighted by molar-refractivity contribution is 0.251. The Bertz CT molecular complexity index is 556. The summed E-state index contributed by atoms with van der Waals surface area (Å²) in [6, 6.07) is 0.886. The fraction of sp³-hybridized carbons (Fsp3) is 0.500. The molecule has 18 heavy (non-hydrogen) atoms. The number of amides is 2. The van der Waals surface area contributed by atoms with E-state index in [4.69, 9.17) is 0 Å². The first-order valence-electron chi connectivity index (χ1n) is 5.66. The van der Waals surface area contributed by atoms with Crippen molar-refractivity contribution >= 4 is 22.3 Å². The van der Waals surface area contributed by atoms with Crippen LogP contribution in [-0.4, -0.2) is 31.0 Å². The van der Waals surface area contributed by atoms with Crippen molar-refractivity contribution in [3.05, 3.63) is 16.9 Å². The second-order valence-electron chi connectivity index (χ2n) is 3.61. The number of unbranched alkanes of at least 4 members (excludes halogenated alkanes) is 2. The molecule has 0 aliphatic heterocycles. The molecule has 0 unspecified atom stereocenters. The molecule has 0 saturated heterocycles. The van der Waals surface area contributed by atoms with Crippen LogP contribution in [0.2, 0.25) is 0 Å². The lowest BCUT2D eigenvalue weighted by atomic mass is 10.2. The lowest BCUT2D eigenvalue weighted by Gasteiger charge is -2.05. The van der Waals surface area contributed by atoms with Gasteiger partial charge in [-0.05, 0) is 12.5 Å². The van der Waals surface area contributed by atoms with Crippen molar-refractivity contribution < 1.29 is 13.2 Å². The zero-order chi connectivity index (χ0) is 13.4. The van der Waals surface area contributed by atoms with Crippen LogP contribution in [0.1, 0.15) is 26.2 Å². The average Bonchev–Trinajstić information content (AvgIpc) is 2.35. The van der Waals surface area contributed by atoms with E-state index in [2.05, 4.69) is 27.5 Å². The van der Waals surface area contributed by atoms with Gasteiger partial charge >= 0.3 is 6.03 Å². The number of carbonyl (C=O) groups excluding carboxylic acids is 1. The summed E-state index contributed by atoms with van der Waals surface area (Å²) in [5.74, 6) is 0.0877. The van der Waals surface area contributed by atoms with E-state index in [1.54, 1.807) is 0 Å². The smallest absolute Gasteiger partial charge is 0.321 e. The van der Waals surface area contributed by atoms with E-state index in [0.29, 0.717) is 6.54 Å². The van der Waals surface area contributed by atoms with Crippen LogP contribution >= 0.6 is 0 Å². The van der Waals surface area contributed by atoms with Gasteiger partial charge in [-0.15, -0.1) is 0 Å². The van der Waals surface area contributed by atoms with Crippen molar-refractivity contribution in [3.8, 4) is 0 Å². The highest BCUT2D eigenvalue weighted by atomic mass is 32.2. The Kier molecular flexibility index (Phi) is 5.92. The van der Waals surface area contributed by atoms with Gasteiger partial charge in [0.2, 0.25) is 16.2 Å². The SMILES string of the molecule is CCCCCNC(=O)Nc1nccc(=S(=O)=O)[nH]1. The predicted octanol–water partition coefficient (Wildman–Crippen LogP) is 1.13. The Morgan fingerprint density at radius 3 is 2.89 bits per heavy atom. The molecule has 8 heteroatoms. The number of aromatic nitrogens is 2. The zero-order valence-electron chi connectivity index (χ0n) is 10.1. The van der Waals surface area contributed by atoms with Crippen LogP contribution in [0.3, 0.4) is 0 Å². The third kappa shape index (κ3) is 5.00. The molecule has 2 amide bonds. The topological polar surface area (TPSA) is 104 Å². The molecule has 0 aromatic carbocycles. The summed E-state index contributed by atoms with van der Waals surface area (Å²) in [5.41, 5.74) is 0. The number of aromatic amines is 1. The highest BCUT2D eigenvalue weighted by Crippen LogP contribution is 1.95. The molecule has 0 aliphatic carbocycles. The van der Waals surface area contributed by atoms with E-state index < -0.39 is 16.3 Å². The summed E-state index contributed by atoms with van der Waals surface area (Å²) >= 11 is 0. The average molecular weight is 272 g/mol. The second kappa shape index (κ2) is 7.49. The van der Waals surface area contributed by atoms with Gasteiger partial charge in [-0.25, -0.2) is 9.78 Å². The third-order valence-electron chi connectivity index (χ3n) is 2.15. The number of urea groups is 1. The minimum Gasteiger partial charge on any atom is -0.338 e. The normalized spacial score (nSPS) is 9.83. The fourth-order valence-electron chi connectivity index (χ4n) is 1.26. The van der Waals surface area contributed by atoms with E-state index in [9.17, 15) is 13.2 Å². The van der Waals surface area contributed by atoms with Crippen LogP contribution in [0.15, 0.2) is 12.3 Å². The van der Waals surface area contributed by atoms with Crippen molar-refractivity contribution in [2.75, 3.05) is 11.9 Å². The molecule has 0 saturated carbocycles. The molecule has 1 aromatic heterocycles. The zero-order valence-corrected chi connectivity index (χ0v) is 10.9. The Balaban J connectivity index is 2.55. The molecule has 1 heterocycles. The highest BCUT2D eigenvalue weighted by molar-refractivity contribution is 7.63. The molecule has 0 fully saturated rings. The van der Waals surface area contributed by atoms with Crippen molar-refractivity contribution in [3.63, 3.8) is 0 Å². The Labute approximate surface area is 106 Å². The number of anilines is 1. The summed E-state index contributed by atoms with van der Waals surface area (Å²) in [6.45, 7) is 2.65. The minimum absolute atomic E-state index is 0.0358. The van der Waals surface area contributed by atoms with E-state index >= 15 is 0 Å². The van der Waals surface area contributed by atoms with Gasteiger partial charge in [-0.3, -0.25) is 5.32 Å². The quantitative estimate of drug-likeness (QED) is 0.552. The largest absolute Gasteiger partial charge is 0.338 e. The number of hydrogen-bond acceptors (Lipinski definition) is 4. The molecule has 7 nitrogen and oxygen atoms in total. The predicted molar refractivity (Wildman–Crippen MR) is 67.3 cm³/mol. The molecular formula is C10H16N4O3S. The molecular weight excluding hydrogens is 256 g/mol. The van der Waals surface area contributed by atoms with Crippen LogP contribution in [0.4, 0.5) is 10.7 Å². The first kappa shape index (κ1) is 14.2. The number of rotatable bonds is 5. The number of H-pyrrole nitrogens is 1. The van der Waals surface area contributed by atoms with Gasteiger partial charge in [0.15, 0.2) is 4.64 Å². The summed E-state index contributed by atoms with van der Waals surface area (Å²) in [5, 5.41) is 5.07. The van der Waals surface area contributed by atoms with Crippen molar-refractivity contribution in [2.24, 2.45) is 0 Å². The van der Waals surface area contributed by atoms with Crippen LogP contribution < -0.4 is 10.6 Å². The van der Waals surface area contributed by atoms with E-state index in [1.165, 1.54) is 12.3 Å². The van der Waals surface area contributed by atoms with E-state index in [0.717, 1.165) is 19.3 Å². The highest BCUT2D eigenvalue weighted by Gasteiger charge is 2.01. The maximum atomic E-state index is 11.4. The standard InChI is InChI=1S/C10H16N4O3S/c1-2-3-4-6-12-10(15)14-9-11-7-5-8(13-9)18(16)17/h5,7H,2-4,6H2,1H3,(H3,11,12,13,14,15). The van der Waals surface area contributed by atoms with Gasteiger partial charge in [0, 0.05) is 12.7 Å². The summed E-state index contributed by atoms with van der Waals surface area (Å²) < 4.78 is 21.4. The minimum atomic E-state index is -2.38. The van der Waals surface area contributed by atoms with Gasteiger partial charge in [0.25, 0.3) is 0 Å². The molecule has 0 bridgehead atoms. The molecule has 0 aliphatic rings. The lowest BCUT2D eigenvalue weighted by Crippen LogP contribution is -2.30. The second-order valence-corrected chi connectivity index (χ2v) is 4.51. The van der Waals surface area contributed by atoms with Gasteiger partial charge in [-0.2, -0.15) is 8.42 Å². The van der Waals surface area contributed by atoms with E-state index in [1.807, 2.05) is 0 Å². The molecule has 1 aromatic rings. The number of nitrogens with one attached hydrogen (secondary N) is 3. The molecule has 0 spiro atoms. The van der Waals surface area contributed by atoms with Gasteiger partial charge < -0.3 is 10.3 Å². The molecule has 3 N–H and O–H groups in total. The Morgan fingerprint density at radius 2 is 2.22 bits per heavy atom. The summed E-state index contributed by atoms with van der Waals surface area (Å²) in [7, 11) is -2.38. The Morgan fingerprint density at radius 1 is 1.44 bits per heavy atom. The monoisotopic (exact) mass is 272 g/mol. The van der Waals surface area contributed by atoms with Gasteiger partial charge in [0.05, 0.1) is 0 Å². The van der Waals surface area contributed by atoms with Crippen molar-refractivity contribution in [1.29, 1.82) is 0 Å². The third-order valence-corrected chi connectivity index (χ3v) is 2.75. The maximum Gasteiger partial charge on any atom is 0.321 e. The van der Waals surface area contributed by atoms with Crippen LogP contribution in [-0.2, 0) is 10.3 Å². The summed E-state index contributed by atoms with van der Waals surface area (Å²) in [4.78, 5) is 17.7.